The summed E-state index contributed by atoms with van der Waals surface area (Å²) < 4.78 is 15.2. The first-order valence-electron chi connectivity index (χ1n) is 6.71. The molecule has 20 heavy (non-hydrogen) atoms. The first-order chi connectivity index (χ1) is 9.54. The lowest BCUT2D eigenvalue weighted by Gasteiger charge is -2.07. The van der Waals surface area contributed by atoms with E-state index in [1.54, 1.807) is 6.07 Å². The van der Waals surface area contributed by atoms with Crippen molar-refractivity contribution in [2.24, 2.45) is 0 Å². The van der Waals surface area contributed by atoms with Gasteiger partial charge < -0.3 is 5.32 Å². The average Bonchev–Trinajstić information content (AvgIpc) is 2.66. The third-order valence-corrected chi connectivity index (χ3v) is 3.30. The molecule has 1 aromatic heterocycles. The molecule has 0 saturated heterocycles. The van der Waals surface area contributed by atoms with Gasteiger partial charge in [0.25, 0.3) is 0 Å². The van der Waals surface area contributed by atoms with Gasteiger partial charge in [0.2, 0.25) is 0 Å². The second-order valence-electron chi connectivity index (χ2n) is 4.96. The molecule has 108 valence electrons. The molecule has 0 aliphatic rings. The topological polar surface area (TPSA) is 29.9 Å². The van der Waals surface area contributed by atoms with Gasteiger partial charge >= 0.3 is 0 Å². The molecule has 3 nitrogen and oxygen atoms in total. The van der Waals surface area contributed by atoms with E-state index in [0.29, 0.717) is 11.6 Å². The quantitative estimate of drug-likeness (QED) is 0.827. The minimum atomic E-state index is -0.294. The monoisotopic (exact) mass is 295 g/mol. The Bertz CT molecular complexity index is 560. The van der Waals surface area contributed by atoms with Gasteiger partial charge in [-0.2, -0.15) is 5.10 Å². The second kappa shape index (κ2) is 6.86. The Labute approximate surface area is 123 Å². The van der Waals surface area contributed by atoms with Gasteiger partial charge in [-0.3, -0.25) is 4.68 Å². The highest BCUT2D eigenvalue weighted by atomic mass is 35.5. The van der Waals surface area contributed by atoms with Crippen LogP contribution >= 0.6 is 11.6 Å². The summed E-state index contributed by atoms with van der Waals surface area (Å²) in [4.78, 5) is 0. The third-order valence-electron chi connectivity index (χ3n) is 3.08. The summed E-state index contributed by atoms with van der Waals surface area (Å²) in [6.45, 7) is 6.41. The Balaban J connectivity index is 1.72. The Kier molecular flexibility index (Phi) is 5.15. The van der Waals surface area contributed by atoms with Crippen LogP contribution in [0.3, 0.4) is 0 Å². The van der Waals surface area contributed by atoms with Crippen LogP contribution in [0.25, 0.3) is 0 Å². The average molecular weight is 296 g/mol. The largest absolute Gasteiger partial charge is 0.313 e. The number of aryl methyl sites for hydroxylation is 3. The van der Waals surface area contributed by atoms with Crippen molar-refractivity contribution in [1.82, 2.24) is 15.1 Å². The molecule has 1 aromatic carbocycles. The molecule has 0 bridgehead atoms. The van der Waals surface area contributed by atoms with E-state index in [1.165, 1.54) is 17.8 Å². The van der Waals surface area contributed by atoms with E-state index >= 15 is 0 Å². The standard InChI is InChI=1S/C15H19ClFN3/c1-11-6-12(2)20(19-11)5-3-4-18-10-13-7-14(16)9-15(17)8-13/h6-9,18H,3-5,10H2,1-2H3. The van der Waals surface area contributed by atoms with Gasteiger partial charge in [-0.25, -0.2) is 4.39 Å². The number of benzene rings is 1. The van der Waals surface area contributed by atoms with Crippen LogP contribution < -0.4 is 5.32 Å². The van der Waals surface area contributed by atoms with Crippen molar-refractivity contribution in [2.75, 3.05) is 6.54 Å². The van der Waals surface area contributed by atoms with E-state index in [0.717, 1.165) is 30.8 Å². The number of rotatable bonds is 6. The molecule has 0 fully saturated rings. The second-order valence-corrected chi connectivity index (χ2v) is 5.39. The molecule has 0 radical (unpaired) electrons. The summed E-state index contributed by atoms with van der Waals surface area (Å²) in [6.07, 6.45) is 0.977. The van der Waals surface area contributed by atoms with Gasteiger partial charge in [0.15, 0.2) is 0 Å². The zero-order valence-electron chi connectivity index (χ0n) is 11.8. The zero-order chi connectivity index (χ0) is 14.5. The first-order valence-corrected chi connectivity index (χ1v) is 7.09. The molecule has 0 unspecified atom stereocenters. The van der Waals surface area contributed by atoms with Gasteiger partial charge in [-0.05, 0) is 56.6 Å². The van der Waals surface area contributed by atoms with E-state index in [9.17, 15) is 4.39 Å². The molecular weight excluding hydrogens is 277 g/mol. The Morgan fingerprint density at radius 1 is 1.25 bits per heavy atom. The summed E-state index contributed by atoms with van der Waals surface area (Å²) in [5.74, 6) is -0.294. The van der Waals surface area contributed by atoms with Gasteiger partial charge in [0.1, 0.15) is 5.82 Å². The maximum Gasteiger partial charge on any atom is 0.125 e. The van der Waals surface area contributed by atoms with Crippen LogP contribution in [0, 0.1) is 19.7 Å². The summed E-state index contributed by atoms with van der Waals surface area (Å²) >= 11 is 5.81. The SMILES string of the molecule is Cc1cc(C)n(CCCNCc2cc(F)cc(Cl)c2)n1. The minimum Gasteiger partial charge on any atom is -0.313 e. The van der Waals surface area contributed by atoms with Crippen molar-refractivity contribution in [3.63, 3.8) is 0 Å². The predicted octanol–water partition coefficient (Wildman–Crippen LogP) is 3.47. The van der Waals surface area contributed by atoms with Crippen molar-refractivity contribution < 1.29 is 4.39 Å². The van der Waals surface area contributed by atoms with Crippen LogP contribution in [0.2, 0.25) is 5.02 Å². The summed E-state index contributed by atoms with van der Waals surface area (Å²) in [5, 5.41) is 8.13. The fourth-order valence-corrected chi connectivity index (χ4v) is 2.45. The highest BCUT2D eigenvalue weighted by Gasteiger charge is 2.01. The Hall–Kier alpha value is -1.39. The van der Waals surface area contributed by atoms with E-state index in [-0.39, 0.29) is 5.82 Å². The highest BCUT2D eigenvalue weighted by molar-refractivity contribution is 6.30. The molecule has 0 aliphatic heterocycles. The van der Waals surface area contributed by atoms with Gasteiger partial charge in [0, 0.05) is 23.8 Å². The molecule has 5 heteroatoms. The number of nitrogens with one attached hydrogen (secondary N) is 1. The maximum absolute atomic E-state index is 13.1. The fourth-order valence-electron chi connectivity index (χ4n) is 2.20. The minimum absolute atomic E-state index is 0.294. The number of hydrogen-bond acceptors (Lipinski definition) is 2. The molecule has 2 aromatic rings. The number of aromatic nitrogens is 2. The zero-order valence-corrected chi connectivity index (χ0v) is 12.5. The summed E-state index contributed by atoms with van der Waals surface area (Å²) in [6, 6.07) is 6.66. The van der Waals surface area contributed by atoms with Crippen molar-refractivity contribution in [3.05, 3.63) is 52.1 Å². The Morgan fingerprint density at radius 3 is 2.70 bits per heavy atom. The first kappa shape index (κ1) is 15.0. The van der Waals surface area contributed by atoms with E-state index in [4.69, 9.17) is 11.6 Å². The molecular formula is C15H19ClFN3. The van der Waals surface area contributed by atoms with Crippen LogP contribution in [0.4, 0.5) is 4.39 Å². The predicted molar refractivity (Wildman–Crippen MR) is 79.4 cm³/mol. The van der Waals surface area contributed by atoms with Gasteiger partial charge in [-0.15, -0.1) is 0 Å². The molecule has 1 N–H and O–H groups in total. The number of halogens is 2. The fraction of sp³-hybridized carbons (Fsp3) is 0.400. The molecule has 0 saturated carbocycles. The van der Waals surface area contributed by atoms with Crippen molar-refractivity contribution >= 4 is 11.6 Å². The normalized spacial score (nSPS) is 11.0. The van der Waals surface area contributed by atoms with Crippen LogP contribution in [0.1, 0.15) is 23.4 Å². The summed E-state index contributed by atoms with van der Waals surface area (Å²) in [5.41, 5.74) is 3.09. The highest BCUT2D eigenvalue weighted by Crippen LogP contribution is 2.13. The van der Waals surface area contributed by atoms with Gasteiger partial charge in [-0.1, -0.05) is 11.6 Å². The molecule has 2 rings (SSSR count). The molecule has 0 aliphatic carbocycles. The third kappa shape index (κ3) is 4.32. The lowest BCUT2D eigenvalue weighted by atomic mass is 10.2. The van der Waals surface area contributed by atoms with Crippen LogP contribution in [-0.4, -0.2) is 16.3 Å². The smallest absolute Gasteiger partial charge is 0.125 e. The lowest BCUT2D eigenvalue weighted by molar-refractivity contribution is 0.531. The van der Waals surface area contributed by atoms with Crippen LogP contribution in [0.5, 0.6) is 0 Å². The molecule has 1 heterocycles. The number of hydrogen-bond donors (Lipinski definition) is 1. The van der Waals surface area contributed by atoms with Crippen LogP contribution in [-0.2, 0) is 13.1 Å². The number of nitrogens with zero attached hydrogens (tertiary/aromatic N) is 2. The molecule has 0 atom stereocenters. The van der Waals surface area contributed by atoms with Crippen molar-refractivity contribution in [2.45, 2.75) is 33.4 Å². The van der Waals surface area contributed by atoms with E-state index in [2.05, 4.69) is 23.4 Å². The maximum atomic E-state index is 13.1. The lowest BCUT2D eigenvalue weighted by Crippen LogP contribution is -2.17. The Morgan fingerprint density at radius 2 is 2.05 bits per heavy atom. The molecule has 0 amide bonds. The summed E-state index contributed by atoms with van der Waals surface area (Å²) in [7, 11) is 0. The van der Waals surface area contributed by atoms with Crippen molar-refractivity contribution in [3.8, 4) is 0 Å². The van der Waals surface area contributed by atoms with Crippen LogP contribution in [0.15, 0.2) is 24.3 Å². The van der Waals surface area contributed by atoms with E-state index in [1.807, 2.05) is 11.6 Å². The van der Waals surface area contributed by atoms with Crippen molar-refractivity contribution in [1.29, 1.82) is 0 Å². The van der Waals surface area contributed by atoms with E-state index < -0.39 is 0 Å². The van der Waals surface area contributed by atoms with Gasteiger partial charge in [0.05, 0.1) is 5.69 Å². The molecule has 0 spiro atoms.